The van der Waals surface area contributed by atoms with E-state index in [1.807, 2.05) is 29.8 Å². The summed E-state index contributed by atoms with van der Waals surface area (Å²) in [5.41, 5.74) is 2.04. The van der Waals surface area contributed by atoms with Crippen molar-refractivity contribution in [2.45, 2.75) is 6.54 Å². The van der Waals surface area contributed by atoms with E-state index < -0.39 is 0 Å². The Balaban J connectivity index is 2.33. The molecule has 2 aromatic heterocycles. The van der Waals surface area contributed by atoms with Crippen LogP contribution in [0.4, 0.5) is 0 Å². The van der Waals surface area contributed by atoms with Gasteiger partial charge < -0.3 is 9.77 Å². The van der Waals surface area contributed by atoms with E-state index in [9.17, 15) is 5.21 Å². The molecule has 14 heavy (non-hydrogen) atoms. The molecule has 0 saturated heterocycles. The average molecular weight is 204 g/mol. The molecule has 0 bridgehead atoms. The topological polar surface area (TPSA) is 31.0 Å². The van der Waals surface area contributed by atoms with Gasteiger partial charge in [-0.2, -0.15) is 0 Å². The summed E-state index contributed by atoms with van der Waals surface area (Å²) in [7, 11) is 0. The summed E-state index contributed by atoms with van der Waals surface area (Å²) >= 11 is 1.65. The van der Waals surface area contributed by atoms with Gasteiger partial charge in [0.25, 0.3) is 0 Å². The van der Waals surface area contributed by atoms with E-state index >= 15 is 0 Å². The fraction of sp³-hybridized carbons (Fsp3) is 0.100. The van der Waals surface area contributed by atoms with Crippen LogP contribution in [0.5, 0.6) is 0 Å². The van der Waals surface area contributed by atoms with Crippen molar-refractivity contribution >= 4 is 17.6 Å². The molecular weight excluding hydrogens is 196 g/mol. The minimum absolute atomic E-state index is 0.425. The molecule has 0 fully saturated rings. The van der Waals surface area contributed by atoms with Crippen LogP contribution in [0.3, 0.4) is 0 Å². The highest BCUT2D eigenvalue weighted by Crippen LogP contribution is 2.24. The van der Waals surface area contributed by atoms with Gasteiger partial charge in [-0.15, -0.1) is 11.3 Å². The van der Waals surface area contributed by atoms with Crippen LogP contribution in [0.1, 0.15) is 11.3 Å². The first-order chi connectivity index (χ1) is 6.84. The van der Waals surface area contributed by atoms with Crippen LogP contribution in [0, 0.1) is 5.21 Å². The lowest BCUT2D eigenvalue weighted by molar-refractivity contribution is -0.470. The summed E-state index contributed by atoms with van der Waals surface area (Å²) in [4.78, 5) is 0. The summed E-state index contributed by atoms with van der Waals surface area (Å²) in [6.45, 7) is 0.425. The van der Waals surface area contributed by atoms with Gasteiger partial charge in [0.2, 0.25) is 0 Å². The van der Waals surface area contributed by atoms with E-state index in [4.69, 9.17) is 0 Å². The van der Waals surface area contributed by atoms with Gasteiger partial charge in [-0.1, -0.05) is 0 Å². The second-order valence-electron chi connectivity index (χ2n) is 3.25. The standard InChI is InChI=1S/C10H8N2OS/c13-11-6-8-3-5-14-10(8)12-4-1-2-9(12)7-11/h1-6H,7H2. The summed E-state index contributed by atoms with van der Waals surface area (Å²) in [6, 6.07) is 5.92. The molecule has 3 heterocycles. The zero-order valence-corrected chi connectivity index (χ0v) is 8.20. The van der Waals surface area contributed by atoms with E-state index in [0.29, 0.717) is 6.54 Å². The monoisotopic (exact) mass is 204 g/mol. The third-order valence-corrected chi connectivity index (χ3v) is 3.25. The SMILES string of the molecule is [O-][N+]1=Cc2ccsc2-n2cccc2C1. The zero-order valence-electron chi connectivity index (χ0n) is 7.38. The lowest BCUT2D eigenvalue weighted by Crippen LogP contribution is -2.04. The Morgan fingerprint density at radius 1 is 1.43 bits per heavy atom. The van der Waals surface area contributed by atoms with Crippen molar-refractivity contribution in [3.05, 3.63) is 46.2 Å². The summed E-state index contributed by atoms with van der Waals surface area (Å²) < 4.78 is 3.05. The number of aromatic nitrogens is 1. The molecule has 2 aromatic rings. The van der Waals surface area contributed by atoms with E-state index in [-0.39, 0.29) is 0 Å². The normalized spacial score (nSPS) is 14.1. The van der Waals surface area contributed by atoms with Gasteiger partial charge in [-0.3, -0.25) is 0 Å². The van der Waals surface area contributed by atoms with Gasteiger partial charge >= 0.3 is 0 Å². The third kappa shape index (κ3) is 1.01. The molecule has 4 heteroatoms. The number of thiophene rings is 1. The van der Waals surface area contributed by atoms with Crippen molar-refractivity contribution in [3.63, 3.8) is 0 Å². The Morgan fingerprint density at radius 3 is 3.29 bits per heavy atom. The fourth-order valence-corrected chi connectivity index (χ4v) is 2.60. The maximum Gasteiger partial charge on any atom is 0.193 e. The summed E-state index contributed by atoms with van der Waals surface area (Å²) in [6.07, 6.45) is 3.65. The molecule has 3 rings (SSSR count). The second kappa shape index (κ2) is 2.72. The van der Waals surface area contributed by atoms with Gasteiger partial charge in [0.15, 0.2) is 12.8 Å². The maximum atomic E-state index is 11.5. The quantitative estimate of drug-likeness (QED) is 0.477. The van der Waals surface area contributed by atoms with Crippen LogP contribution in [0.25, 0.3) is 5.00 Å². The van der Waals surface area contributed by atoms with Gasteiger partial charge in [-0.05, 0) is 23.6 Å². The van der Waals surface area contributed by atoms with Crippen molar-refractivity contribution in [1.29, 1.82) is 0 Å². The Bertz CT molecular complexity index is 510. The molecule has 0 atom stereocenters. The van der Waals surface area contributed by atoms with Crippen LogP contribution in [0.15, 0.2) is 29.8 Å². The van der Waals surface area contributed by atoms with Crippen LogP contribution < -0.4 is 0 Å². The first kappa shape index (κ1) is 7.82. The highest BCUT2D eigenvalue weighted by molar-refractivity contribution is 7.12. The molecule has 0 unspecified atom stereocenters. The van der Waals surface area contributed by atoms with Crippen LogP contribution >= 0.6 is 11.3 Å². The smallest absolute Gasteiger partial charge is 0.193 e. The van der Waals surface area contributed by atoms with Crippen molar-refractivity contribution in [3.8, 4) is 5.00 Å². The average Bonchev–Trinajstić information content (AvgIpc) is 2.72. The minimum Gasteiger partial charge on any atom is -0.623 e. The highest BCUT2D eigenvalue weighted by atomic mass is 32.1. The molecule has 0 saturated carbocycles. The van der Waals surface area contributed by atoms with E-state index in [2.05, 4.69) is 4.57 Å². The molecule has 0 aliphatic carbocycles. The number of hydroxylamine groups is 1. The van der Waals surface area contributed by atoms with Gasteiger partial charge in [0, 0.05) is 6.20 Å². The Labute approximate surface area is 85.1 Å². The van der Waals surface area contributed by atoms with Crippen LogP contribution in [-0.2, 0) is 6.54 Å². The molecule has 70 valence electrons. The first-order valence-electron chi connectivity index (χ1n) is 4.37. The van der Waals surface area contributed by atoms with Gasteiger partial charge in [0.05, 0.1) is 11.3 Å². The van der Waals surface area contributed by atoms with Gasteiger partial charge in [-0.25, -0.2) is 4.74 Å². The Hall–Kier alpha value is -1.55. The molecule has 0 aromatic carbocycles. The fourth-order valence-electron chi connectivity index (χ4n) is 1.71. The maximum absolute atomic E-state index is 11.5. The van der Waals surface area contributed by atoms with Crippen LogP contribution in [-0.4, -0.2) is 15.5 Å². The molecule has 0 spiro atoms. The lowest BCUT2D eigenvalue weighted by Gasteiger charge is -2.02. The number of hydrogen-bond donors (Lipinski definition) is 0. The highest BCUT2D eigenvalue weighted by Gasteiger charge is 2.16. The molecular formula is C10H8N2OS. The lowest BCUT2D eigenvalue weighted by atomic mass is 10.3. The van der Waals surface area contributed by atoms with E-state index in [1.54, 1.807) is 17.6 Å². The predicted octanol–water partition coefficient (Wildman–Crippen LogP) is 1.98. The third-order valence-electron chi connectivity index (χ3n) is 2.33. The minimum atomic E-state index is 0.425. The molecule has 0 N–H and O–H groups in total. The van der Waals surface area contributed by atoms with Crippen LogP contribution in [0.2, 0.25) is 0 Å². The zero-order chi connectivity index (χ0) is 9.54. The summed E-state index contributed by atoms with van der Waals surface area (Å²) in [5.74, 6) is 0. The summed E-state index contributed by atoms with van der Waals surface area (Å²) in [5, 5.41) is 14.6. The Kier molecular flexibility index (Phi) is 1.52. The number of nitrogens with zero attached hydrogens (tertiary/aromatic N) is 2. The molecule has 1 aliphatic heterocycles. The largest absolute Gasteiger partial charge is 0.623 e. The Morgan fingerprint density at radius 2 is 2.36 bits per heavy atom. The molecule has 0 radical (unpaired) electrons. The number of hydrogen-bond acceptors (Lipinski definition) is 2. The predicted molar refractivity (Wildman–Crippen MR) is 56.1 cm³/mol. The van der Waals surface area contributed by atoms with Crippen molar-refractivity contribution < 1.29 is 4.74 Å². The molecule has 0 amide bonds. The van der Waals surface area contributed by atoms with Crippen molar-refractivity contribution in [2.24, 2.45) is 0 Å². The van der Waals surface area contributed by atoms with Gasteiger partial charge in [0.1, 0.15) is 5.00 Å². The van der Waals surface area contributed by atoms with Crippen molar-refractivity contribution in [2.75, 3.05) is 0 Å². The van der Waals surface area contributed by atoms with E-state index in [0.717, 1.165) is 21.0 Å². The number of fused-ring (bicyclic) bond motifs is 3. The number of rotatable bonds is 0. The van der Waals surface area contributed by atoms with Crippen molar-refractivity contribution in [1.82, 2.24) is 4.57 Å². The molecule has 1 aliphatic rings. The van der Waals surface area contributed by atoms with E-state index in [1.165, 1.54) is 0 Å². The molecule has 3 nitrogen and oxygen atoms in total. The first-order valence-corrected chi connectivity index (χ1v) is 5.25. The second-order valence-corrected chi connectivity index (χ2v) is 4.15.